The summed E-state index contributed by atoms with van der Waals surface area (Å²) in [7, 11) is 3.20. The normalized spacial score (nSPS) is 11.7. The maximum atomic E-state index is 13.7. The SMILES string of the molecule is COc1c(CCC(C)C)cc(C(F)(F)F)cc1NC(=O)c1cnc(C)c(-n2cc(-c3cnn(C)c3C)nn2)c1. The van der Waals surface area contributed by atoms with E-state index in [9.17, 15) is 18.0 Å². The van der Waals surface area contributed by atoms with Crippen molar-refractivity contribution in [3.8, 4) is 22.7 Å². The van der Waals surface area contributed by atoms with Gasteiger partial charge in [-0.25, -0.2) is 4.68 Å². The topological polar surface area (TPSA) is 99.8 Å². The van der Waals surface area contributed by atoms with Crippen LogP contribution in [-0.4, -0.2) is 42.8 Å². The molecule has 0 unspecified atom stereocenters. The van der Waals surface area contributed by atoms with Crippen LogP contribution in [-0.2, 0) is 19.6 Å². The zero-order valence-electron chi connectivity index (χ0n) is 22.6. The molecule has 0 aliphatic rings. The van der Waals surface area contributed by atoms with Gasteiger partial charge in [-0.05, 0) is 56.4 Å². The second-order valence-electron chi connectivity index (χ2n) is 9.74. The van der Waals surface area contributed by atoms with E-state index in [1.54, 1.807) is 30.1 Å². The number of ether oxygens (including phenoxy) is 1. The molecule has 0 spiro atoms. The molecule has 0 aliphatic carbocycles. The first-order valence-corrected chi connectivity index (χ1v) is 12.4. The van der Waals surface area contributed by atoms with E-state index in [0.717, 1.165) is 23.4 Å². The van der Waals surface area contributed by atoms with E-state index in [-0.39, 0.29) is 22.9 Å². The van der Waals surface area contributed by atoms with Crippen LogP contribution in [0.2, 0.25) is 0 Å². The first kappa shape index (κ1) is 27.8. The molecular formula is C27H30F3N7O2. The molecule has 3 aromatic heterocycles. The molecule has 0 saturated carbocycles. The average molecular weight is 542 g/mol. The van der Waals surface area contributed by atoms with Gasteiger partial charge in [0.25, 0.3) is 5.91 Å². The third-order valence-electron chi connectivity index (χ3n) is 6.51. The van der Waals surface area contributed by atoms with Gasteiger partial charge in [0.15, 0.2) is 0 Å². The van der Waals surface area contributed by atoms with E-state index in [0.29, 0.717) is 35.5 Å². The monoisotopic (exact) mass is 541 g/mol. The Bertz CT molecular complexity index is 1510. The summed E-state index contributed by atoms with van der Waals surface area (Å²) in [6.07, 6.45) is 1.19. The minimum Gasteiger partial charge on any atom is -0.494 e. The summed E-state index contributed by atoms with van der Waals surface area (Å²) in [4.78, 5) is 17.6. The molecule has 1 N–H and O–H groups in total. The number of aryl methyl sites for hydroxylation is 3. The fraction of sp³-hybridized carbons (Fsp3) is 0.370. The van der Waals surface area contributed by atoms with Crippen LogP contribution >= 0.6 is 0 Å². The summed E-state index contributed by atoms with van der Waals surface area (Å²) in [6, 6.07) is 3.53. The van der Waals surface area contributed by atoms with Crippen molar-refractivity contribution in [1.82, 2.24) is 29.8 Å². The molecule has 0 saturated heterocycles. The maximum Gasteiger partial charge on any atom is 0.416 e. The average Bonchev–Trinajstić information content (AvgIpc) is 3.48. The Morgan fingerprint density at radius 3 is 2.51 bits per heavy atom. The van der Waals surface area contributed by atoms with Crippen molar-refractivity contribution in [3.63, 3.8) is 0 Å². The third-order valence-corrected chi connectivity index (χ3v) is 6.51. The number of benzene rings is 1. The van der Waals surface area contributed by atoms with Crippen LogP contribution in [0.3, 0.4) is 0 Å². The van der Waals surface area contributed by atoms with Crippen molar-refractivity contribution in [2.24, 2.45) is 13.0 Å². The number of halogens is 3. The zero-order valence-corrected chi connectivity index (χ0v) is 22.6. The lowest BCUT2D eigenvalue weighted by atomic mass is 9.98. The molecule has 206 valence electrons. The van der Waals surface area contributed by atoms with E-state index < -0.39 is 17.6 Å². The second kappa shape index (κ2) is 10.9. The first-order chi connectivity index (χ1) is 18.4. The molecule has 0 fully saturated rings. The third kappa shape index (κ3) is 5.94. The largest absolute Gasteiger partial charge is 0.494 e. The summed E-state index contributed by atoms with van der Waals surface area (Å²) >= 11 is 0. The van der Waals surface area contributed by atoms with Crippen LogP contribution in [0.5, 0.6) is 5.75 Å². The van der Waals surface area contributed by atoms with Crippen molar-refractivity contribution >= 4 is 11.6 Å². The Kier molecular flexibility index (Phi) is 7.75. The molecule has 0 atom stereocenters. The van der Waals surface area contributed by atoms with E-state index in [2.05, 4.69) is 25.7 Å². The highest BCUT2D eigenvalue weighted by molar-refractivity contribution is 6.05. The lowest BCUT2D eigenvalue weighted by Crippen LogP contribution is -2.16. The number of carbonyl (C=O) groups excluding carboxylic acids is 1. The molecule has 0 bridgehead atoms. The van der Waals surface area contributed by atoms with Gasteiger partial charge < -0.3 is 10.1 Å². The number of pyridine rings is 1. The smallest absolute Gasteiger partial charge is 0.416 e. The van der Waals surface area contributed by atoms with Gasteiger partial charge in [0.2, 0.25) is 0 Å². The number of hydrogen-bond acceptors (Lipinski definition) is 6. The second-order valence-corrected chi connectivity index (χ2v) is 9.74. The van der Waals surface area contributed by atoms with Gasteiger partial charge in [0, 0.05) is 24.5 Å². The molecule has 0 radical (unpaired) electrons. The zero-order chi connectivity index (χ0) is 28.5. The summed E-state index contributed by atoms with van der Waals surface area (Å²) in [5.41, 5.74) is 2.98. The van der Waals surface area contributed by atoms with E-state index in [1.165, 1.54) is 18.0 Å². The highest BCUT2D eigenvalue weighted by atomic mass is 19.4. The molecule has 12 heteroatoms. The lowest BCUT2D eigenvalue weighted by Gasteiger charge is -2.19. The Balaban J connectivity index is 1.67. The van der Waals surface area contributed by atoms with Gasteiger partial charge in [-0.1, -0.05) is 19.1 Å². The molecule has 4 aromatic rings. The molecule has 4 rings (SSSR count). The molecular weight excluding hydrogens is 511 g/mol. The van der Waals surface area contributed by atoms with Crippen LogP contribution in [0.4, 0.5) is 18.9 Å². The minimum atomic E-state index is -4.59. The molecule has 1 amide bonds. The van der Waals surface area contributed by atoms with Crippen LogP contribution in [0.1, 0.15) is 53.1 Å². The van der Waals surface area contributed by atoms with Crippen LogP contribution in [0.15, 0.2) is 36.8 Å². The molecule has 0 aliphatic heterocycles. The number of hydrogen-bond donors (Lipinski definition) is 1. The lowest BCUT2D eigenvalue weighted by molar-refractivity contribution is -0.137. The highest BCUT2D eigenvalue weighted by Crippen LogP contribution is 2.39. The molecule has 9 nitrogen and oxygen atoms in total. The predicted molar refractivity (Wildman–Crippen MR) is 140 cm³/mol. The predicted octanol–water partition coefficient (Wildman–Crippen LogP) is 5.55. The van der Waals surface area contributed by atoms with Crippen LogP contribution in [0, 0.1) is 19.8 Å². The summed E-state index contributed by atoms with van der Waals surface area (Å²) in [5.74, 6) is -0.164. The van der Waals surface area contributed by atoms with Crippen molar-refractivity contribution < 1.29 is 22.7 Å². The summed E-state index contributed by atoms with van der Waals surface area (Å²) in [6.45, 7) is 7.64. The van der Waals surface area contributed by atoms with Crippen LogP contribution in [0.25, 0.3) is 16.9 Å². The van der Waals surface area contributed by atoms with Crippen LogP contribution < -0.4 is 10.1 Å². The molecule has 39 heavy (non-hydrogen) atoms. The van der Waals surface area contributed by atoms with Crippen molar-refractivity contribution in [2.45, 2.75) is 46.7 Å². The van der Waals surface area contributed by atoms with Crippen molar-refractivity contribution in [1.29, 1.82) is 0 Å². The van der Waals surface area contributed by atoms with Gasteiger partial charge in [-0.15, -0.1) is 5.10 Å². The number of amides is 1. The Hall–Kier alpha value is -4.22. The van der Waals surface area contributed by atoms with E-state index >= 15 is 0 Å². The standard InChI is InChI=1S/C27H30F3N7O2/c1-15(2)7-8-18-9-20(27(28,29)30)11-22(25(18)39-6)33-26(38)19-10-24(16(3)31-12-19)37-14-23(34-35-37)21-13-32-36(5)17(21)4/h9-15H,7-8H2,1-6H3,(H,33,38). The molecule has 1 aromatic carbocycles. The fourth-order valence-corrected chi connectivity index (χ4v) is 4.14. The summed E-state index contributed by atoms with van der Waals surface area (Å²) in [5, 5.41) is 15.2. The van der Waals surface area contributed by atoms with Crippen molar-refractivity contribution in [3.05, 3.63) is 64.9 Å². The number of anilines is 1. The highest BCUT2D eigenvalue weighted by Gasteiger charge is 2.33. The van der Waals surface area contributed by atoms with E-state index in [1.807, 2.05) is 27.8 Å². The number of rotatable bonds is 8. The quantitative estimate of drug-likeness (QED) is 0.314. The molecule has 3 heterocycles. The number of methoxy groups -OCH3 is 1. The summed E-state index contributed by atoms with van der Waals surface area (Å²) < 4.78 is 49.8. The van der Waals surface area contributed by atoms with Crippen molar-refractivity contribution in [2.75, 3.05) is 12.4 Å². The maximum absolute atomic E-state index is 13.7. The number of nitrogens with zero attached hydrogens (tertiary/aromatic N) is 6. The number of nitrogens with one attached hydrogen (secondary N) is 1. The Morgan fingerprint density at radius 1 is 1.15 bits per heavy atom. The minimum absolute atomic E-state index is 0.0618. The van der Waals surface area contributed by atoms with Gasteiger partial charge in [-0.3, -0.25) is 14.5 Å². The fourth-order valence-electron chi connectivity index (χ4n) is 4.14. The van der Waals surface area contributed by atoms with Gasteiger partial charge in [0.05, 0.1) is 47.7 Å². The Morgan fingerprint density at radius 2 is 1.90 bits per heavy atom. The number of aromatic nitrogens is 6. The van der Waals surface area contributed by atoms with Gasteiger partial charge >= 0.3 is 6.18 Å². The number of carbonyl (C=O) groups is 1. The number of alkyl halides is 3. The Labute approximate surface area is 224 Å². The van der Waals surface area contributed by atoms with E-state index in [4.69, 9.17) is 4.74 Å². The first-order valence-electron chi connectivity index (χ1n) is 12.4. The van der Waals surface area contributed by atoms with Gasteiger partial charge in [0.1, 0.15) is 11.4 Å². The van der Waals surface area contributed by atoms with Gasteiger partial charge in [-0.2, -0.15) is 18.3 Å².